The maximum Gasteiger partial charge on any atom is 0.0476 e. The van der Waals surface area contributed by atoms with Crippen LogP contribution in [0.3, 0.4) is 0 Å². The molecule has 0 amide bonds. The topological polar surface area (TPSA) is 38.0 Å². The summed E-state index contributed by atoms with van der Waals surface area (Å²) in [6.45, 7) is 2.07. The van der Waals surface area contributed by atoms with Gasteiger partial charge in [-0.15, -0.1) is 0 Å². The quantitative estimate of drug-likeness (QED) is 0.443. The first-order chi connectivity index (χ1) is 3.39. The van der Waals surface area contributed by atoms with E-state index < -0.39 is 0 Å². The van der Waals surface area contributed by atoms with Crippen LogP contribution >= 0.6 is 0 Å². The fraction of sp³-hybridized carbons (Fsp3) is 0.800. The highest BCUT2D eigenvalue weighted by molar-refractivity contribution is 4.87. The van der Waals surface area contributed by atoms with Crippen molar-refractivity contribution in [2.75, 3.05) is 13.1 Å². The molecule has 1 aliphatic rings. The molecule has 0 aromatic rings. The summed E-state index contributed by atoms with van der Waals surface area (Å²) in [5.74, 6) is 0. The number of rotatable bonds is 0. The van der Waals surface area contributed by atoms with Crippen LogP contribution in [-0.2, 0) is 0 Å². The second-order valence-corrected chi connectivity index (χ2v) is 1.94. The first-order valence-corrected chi connectivity index (χ1v) is 2.70. The maximum absolute atomic E-state index is 5.49. The molecule has 0 saturated carbocycles. The largest absolute Gasteiger partial charge is 0.322 e. The van der Waals surface area contributed by atoms with Crippen LogP contribution in [0.2, 0.25) is 0 Å². The Balaban J connectivity index is 2.12. The smallest absolute Gasteiger partial charge is 0.0476 e. The molecule has 0 unspecified atom stereocenters. The third kappa shape index (κ3) is 1.45. The van der Waals surface area contributed by atoms with Crippen molar-refractivity contribution in [3.63, 3.8) is 0 Å². The molecule has 0 aromatic heterocycles. The van der Waals surface area contributed by atoms with E-state index in [1.54, 1.807) is 0 Å². The Hall–Kier alpha value is -0.0800. The van der Waals surface area contributed by atoms with E-state index in [1.807, 2.05) is 0 Å². The van der Waals surface area contributed by atoms with Crippen LogP contribution in [0.25, 0.3) is 0 Å². The summed E-state index contributed by atoms with van der Waals surface area (Å²) in [5.41, 5.74) is 5.49. The van der Waals surface area contributed by atoms with Gasteiger partial charge in [-0.05, 0) is 19.4 Å². The third-order valence-electron chi connectivity index (χ3n) is 1.20. The summed E-state index contributed by atoms with van der Waals surface area (Å²) in [6, 6.07) is 1.10. The van der Waals surface area contributed by atoms with Gasteiger partial charge in [0.15, 0.2) is 0 Å². The Labute approximate surface area is 44.1 Å². The van der Waals surface area contributed by atoms with Gasteiger partial charge in [-0.2, -0.15) is 0 Å². The molecule has 1 fully saturated rings. The fourth-order valence-corrected chi connectivity index (χ4v) is 0.778. The second-order valence-electron chi connectivity index (χ2n) is 1.94. The van der Waals surface area contributed by atoms with Gasteiger partial charge in [-0.25, -0.2) is 0 Å². The van der Waals surface area contributed by atoms with Gasteiger partial charge in [0.2, 0.25) is 0 Å². The van der Waals surface area contributed by atoms with E-state index in [2.05, 4.69) is 5.32 Å². The number of nitrogens with two attached hydrogens (primary N) is 1. The molecule has 0 aliphatic carbocycles. The number of hydrogen-bond donors (Lipinski definition) is 2. The fourth-order valence-electron chi connectivity index (χ4n) is 0.778. The van der Waals surface area contributed by atoms with Crippen LogP contribution in [0.1, 0.15) is 12.8 Å². The van der Waals surface area contributed by atoms with Crippen LogP contribution in [0.5, 0.6) is 0 Å². The zero-order chi connectivity index (χ0) is 5.11. The zero-order valence-electron chi connectivity index (χ0n) is 4.41. The molecule has 0 spiro atoms. The summed E-state index contributed by atoms with van der Waals surface area (Å²) >= 11 is 0. The van der Waals surface area contributed by atoms with Crippen LogP contribution in [0.4, 0.5) is 0 Å². The summed E-state index contributed by atoms with van der Waals surface area (Å²) < 4.78 is 0. The predicted molar refractivity (Wildman–Crippen MR) is 29.5 cm³/mol. The normalized spacial score (nSPS) is 25.3. The van der Waals surface area contributed by atoms with Crippen LogP contribution < -0.4 is 11.1 Å². The van der Waals surface area contributed by atoms with Crippen LogP contribution in [0.15, 0.2) is 0 Å². The lowest BCUT2D eigenvalue weighted by molar-refractivity contribution is 0.543. The summed E-state index contributed by atoms with van der Waals surface area (Å²) in [7, 11) is 0. The van der Waals surface area contributed by atoms with E-state index in [0.29, 0.717) is 0 Å². The van der Waals surface area contributed by atoms with E-state index in [0.717, 1.165) is 25.6 Å². The molecule has 0 bridgehead atoms. The molecule has 1 rings (SSSR count). The highest BCUT2D eigenvalue weighted by Crippen LogP contribution is 2.03. The monoisotopic (exact) mass is 99.1 g/mol. The van der Waals surface area contributed by atoms with Gasteiger partial charge < -0.3 is 11.1 Å². The van der Waals surface area contributed by atoms with Crippen molar-refractivity contribution in [1.29, 1.82) is 0 Å². The number of hydrogen-bond acceptors (Lipinski definition) is 2. The van der Waals surface area contributed by atoms with Gasteiger partial charge in [-0.3, -0.25) is 0 Å². The molecule has 3 N–H and O–H groups in total. The molecular weight excluding hydrogens is 88.1 g/mol. The highest BCUT2D eigenvalue weighted by atomic mass is 14.9. The van der Waals surface area contributed by atoms with Gasteiger partial charge in [-0.1, -0.05) is 0 Å². The minimum atomic E-state index is 0.931. The lowest BCUT2D eigenvalue weighted by Gasteiger charge is -2.16. The molecule has 1 heterocycles. The molecule has 2 nitrogen and oxygen atoms in total. The van der Waals surface area contributed by atoms with Crippen LogP contribution in [-0.4, -0.2) is 13.1 Å². The highest BCUT2D eigenvalue weighted by Gasteiger charge is 2.06. The average Bonchev–Trinajstić information content (AvgIpc) is 1.69. The molecule has 2 heteroatoms. The lowest BCUT2D eigenvalue weighted by Crippen LogP contribution is -2.32. The van der Waals surface area contributed by atoms with Gasteiger partial charge in [0.25, 0.3) is 0 Å². The van der Waals surface area contributed by atoms with E-state index in [1.165, 1.54) is 6.42 Å². The van der Waals surface area contributed by atoms with E-state index >= 15 is 0 Å². The van der Waals surface area contributed by atoms with Crippen molar-refractivity contribution < 1.29 is 0 Å². The summed E-state index contributed by atoms with van der Waals surface area (Å²) in [4.78, 5) is 0. The van der Waals surface area contributed by atoms with Gasteiger partial charge >= 0.3 is 0 Å². The first-order valence-electron chi connectivity index (χ1n) is 2.70. The molecule has 7 heavy (non-hydrogen) atoms. The molecule has 0 aromatic carbocycles. The lowest BCUT2D eigenvalue weighted by atomic mass is 10.1. The Morgan fingerprint density at radius 1 is 1.57 bits per heavy atom. The standard InChI is InChI=1S/C5H11N2/c6-5-2-1-3-7-4-5/h7H,1-4,6H2. The van der Waals surface area contributed by atoms with E-state index in [4.69, 9.17) is 5.73 Å². The van der Waals surface area contributed by atoms with Crippen molar-refractivity contribution in [2.24, 2.45) is 5.73 Å². The first kappa shape index (κ1) is 5.06. The molecule has 41 valence electrons. The SMILES string of the molecule is N[C]1CCCNC1. The Morgan fingerprint density at radius 3 is 2.71 bits per heavy atom. The van der Waals surface area contributed by atoms with Crippen molar-refractivity contribution in [3.8, 4) is 0 Å². The molecule has 0 atom stereocenters. The van der Waals surface area contributed by atoms with E-state index in [-0.39, 0.29) is 0 Å². The van der Waals surface area contributed by atoms with Crippen molar-refractivity contribution in [2.45, 2.75) is 12.8 Å². The number of nitrogens with one attached hydrogen (secondary N) is 1. The zero-order valence-corrected chi connectivity index (χ0v) is 4.41. The predicted octanol–water partition coefficient (Wildman–Crippen LogP) is -0.140. The van der Waals surface area contributed by atoms with Crippen LogP contribution in [0, 0.1) is 6.04 Å². The molecular formula is C5H11N2. The second kappa shape index (κ2) is 2.28. The van der Waals surface area contributed by atoms with Crippen molar-refractivity contribution >= 4 is 0 Å². The molecule has 1 aliphatic heterocycles. The van der Waals surface area contributed by atoms with Crippen molar-refractivity contribution in [3.05, 3.63) is 6.04 Å². The van der Waals surface area contributed by atoms with Gasteiger partial charge in [0, 0.05) is 12.6 Å². The Bertz CT molecular complexity index is 48.0. The molecule has 1 radical (unpaired) electrons. The maximum atomic E-state index is 5.49. The summed E-state index contributed by atoms with van der Waals surface area (Å²) in [6.07, 6.45) is 2.33. The average molecular weight is 99.2 g/mol. The van der Waals surface area contributed by atoms with Gasteiger partial charge in [0.1, 0.15) is 0 Å². The minimum absolute atomic E-state index is 0.931. The van der Waals surface area contributed by atoms with Crippen molar-refractivity contribution in [1.82, 2.24) is 5.32 Å². The minimum Gasteiger partial charge on any atom is -0.322 e. The molecule has 1 saturated heterocycles. The third-order valence-corrected chi connectivity index (χ3v) is 1.20. The van der Waals surface area contributed by atoms with Gasteiger partial charge in [0.05, 0.1) is 0 Å². The number of piperidine rings is 1. The Kier molecular flexibility index (Phi) is 1.65. The Morgan fingerprint density at radius 2 is 2.43 bits per heavy atom. The van der Waals surface area contributed by atoms with E-state index in [9.17, 15) is 0 Å². The summed E-state index contributed by atoms with van der Waals surface area (Å²) in [5, 5.41) is 3.17.